The second-order valence-corrected chi connectivity index (χ2v) is 6.67. The molecule has 0 saturated carbocycles. The Morgan fingerprint density at radius 2 is 1.93 bits per heavy atom. The highest BCUT2D eigenvalue weighted by molar-refractivity contribution is 5.96. The first-order valence-corrected chi connectivity index (χ1v) is 9.21. The highest BCUT2D eigenvalue weighted by atomic mass is 16.3. The number of amides is 1. The number of benzene rings is 2. The molecule has 0 aliphatic heterocycles. The number of hydrogen-bond acceptors (Lipinski definition) is 4. The molecule has 0 radical (unpaired) electrons. The van der Waals surface area contributed by atoms with Crippen LogP contribution in [0.4, 0.5) is 0 Å². The molecule has 0 saturated heterocycles. The molecule has 0 fully saturated rings. The normalized spacial score (nSPS) is 11.1. The number of carbonyl (C=O) groups excluding carboxylic acids is 1. The van der Waals surface area contributed by atoms with Crippen LogP contribution in [0.5, 0.6) is 0 Å². The van der Waals surface area contributed by atoms with Gasteiger partial charge in [-0.15, -0.1) is 0 Å². The third-order valence-corrected chi connectivity index (χ3v) is 4.53. The van der Waals surface area contributed by atoms with Gasteiger partial charge in [0.1, 0.15) is 11.5 Å². The van der Waals surface area contributed by atoms with Crippen LogP contribution in [0.2, 0.25) is 0 Å². The maximum atomic E-state index is 12.2. The Balaban J connectivity index is 1.66. The molecule has 1 amide bonds. The maximum absolute atomic E-state index is 12.2. The van der Waals surface area contributed by atoms with Gasteiger partial charge in [0.15, 0.2) is 0 Å². The predicted molar refractivity (Wildman–Crippen MR) is 112 cm³/mol. The fourth-order valence-electron chi connectivity index (χ4n) is 3.05. The lowest BCUT2D eigenvalue weighted by molar-refractivity contribution is 0.0953. The third-order valence-electron chi connectivity index (χ3n) is 4.53. The lowest BCUT2D eigenvalue weighted by atomic mass is 10.1. The van der Waals surface area contributed by atoms with Crippen molar-refractivity contribution in [1.29, 1.82) is 0 Å². The smallest absolute Gasteiger partial charge is 0.274 e. The molecule has 144 valence electrons. The van der Waals surface area contributed by atoms with E-state index in [1.165, 1.54) is 6.26 Å². The van der Waals surface area contributed by atoms with E-state index >= 15 is 0 Å². The van der Waals surface area contributed by atoms with Crippen LogP contribution in [0.3, 0.4) is 0 Å². The van der Waals surface area contributed by atoms with E-state index in [2.05, 4.69) is 16.6 Å². The molecule has 0 aliphatic carbocycles. The summed E-state index contributed by atoms with van der Waals surface area (Å²) in [4.78, 5) is 12.2. The minimum atomic E-state index is -0.319. The number of nitrogens with one attached hydrogen (secondary N) is 1. The van der Waals surface area contributed by atoms with Gasteiger partial charge >= 0.3 is 0 Å². The Kier molecular flexibility index (Phi) is 5.07. The van der Waals surface area contributed by atoms with Gasteiger partial charge in [-0.25, -0.2) is 10.1 Å². The van der Waals surface area contributed by atoms with Crippen LogP contribution in [0.1, 0.15) is 27.2 Å². The summed E-state index contributed by atoms with van der Waals surface area (Å²) in [6.45, 7) is 3.78. The molecule has 0 unspecified atom stereocenters. The zero-order valence-corrected chi connectivity index (χ0v) is 16.2. The SMILES string of the molecule is Cc1cccc(-c2nn(-c3ccccc3)cc2/C=N\NC(=O)c2ccoc2C)c1. The summed E-state index contributed by atoms with van der Waals surface area (Å²) in [5, 5.41) is 8.89. The molecule has 0 bridgehead atoms. The molecule has 6 heteroatoms. The van der Waals surface area contributed by atoms with Gasteiger partial charge in [-0.2, -0.15) is 10.2 Å². The van der Waals surface area contributed by atoms with Crippen molar-refractivity contribution in [2.24, 2.45) is 5.10 Å². The molecule has 4 aromatic rings. The lowest BCUT2D eigenvalue weighted by Crippen LogP contribution is -2.17. The number of hydrogen-bond donors (Lipinski definition) is 1. The summed E-state index contributed by atoms with van der Waals surface area (Å²) in [6, 6.07) is 19.6. The minimum Gasteiger partial charge on any atom is -0.469 e. The van der Waals surface area contributed by atoms with Gasteiger partial charge in [-0.05, 0) is 38.1 Å². The van der Waals surface area contributed by atoms with E-state index in [0.717, 1.165) is 28.1 Å². The van der Waals surface area contributed by atoms with Gasteiger partial charge in [0.2, 0.25) is 0 Å². The van der Waals surface area contributed by atoms with Crippen LogP contribution in [0.15, 0.2) is 82.6 Å². The first-order valence-electron chi connectivity index (χ1n) is 9.21. The van der Waals surface area contributed by atoms with E-state index < -0.39 is 0 Å². The molecule has 0 atom stereocenters. The molecule has 2 heterocycles. The zero-order valence-electron chi connectivity index (χ0n) is 16.2. The number of carbonyl (C=O) groups is 1. The minimum absolute atomic E-state index is 0.319. The maximum Gasteiger partial charge on any atom is 0.274 e. The molecular formula is C23H20N4O2. The van der Waals surface area contributed by atoms with Crippen molar-refractivity contribution in [3.05, 3.63) is 95.6 Å². The quantitative estimate of drug-likeness (QED) is 0.406. The Bertz CT molecular complexity index is 1170. The van der Waals surface area contributed by atoms with E-state index in [9.17, 15) is 4.79 Å². The summed E-state index contributed by atoms with van der Waals surface area (Å²) < 4.78 is 6.97. The molecule has 6 nitrogen and oxygen atoms in total. The fourth-order valence-corrected chi connectivity index (χ4v) is 3.05. The van der Waals surface area contributed by atoms with Crippen LogP contribution < -0.4 is 5.43 Å². The largest absolute Gasteiger partial charge is 0.469 e. The average molecular weight is 384 g/mol. The van der Waals surface area contributed by atoms with Crippen LogP contribution >= 0.6 is 0 Å². The Labute approximate surface area is 168 Å². The summed E-state index contributed by atoms with van der Waals surface area (Å²) >= 11 is 0. The number of para-hydroxylation sites is 1. The van der Waals surface area contributed by atoms with Crippen molar-refractivity contribution in [3.8, 4) is 16.9 Å². The molecule has 0 aliphatic rings. The molecule has 0 spiro atoms. The van der Waals surface area contributed by atoms with Crippen molar-refractivity contribution in [1.82, 2.24) is 15.2 Å². The average Bonchev–Trinajstić information content (AvgIpc) is 3.35. The van der Waals surface area contributed by atoms with E-state index in [1.807, 2.05) is 61.7 Å². The standard InChI is InChI=1S/C23H20N4O2/c1-16-7-6-8-18(13-16)22-19(15-27(26-22)20-9-4-3-5-10-20)14-24-25-23(28)21-11-12-29-17(21)2/h3-15H,1-2H3,(H,25,28)/b24-14-. The Morgan fingerprint density at radius 3 is 2.66 bits per heavy atom. The highest BCUT2D eigenvalue weighted by Crippen LogP contribution is 2.23. The van der Waals surface area contributed by atoms with Crippen molar-refractivity contribution < 1.29 is 9.21 Å². The number of aryl methyl sites for hydroxylation is 2. The molecular weight excluding hydrogens is 364 g/mol. The van der Waals surface area contributed by atoms with Crippen molar-refractivity contribution in [2.75, 3.05) is 0 Å². The summed E-state index contributed by atoms with van der Waals surface area (Å²) in [7, 11) is 0. The van der Waals surface area contributed by atoms with Crippen molar-refractivity contribution in [2.45, 2.75) is 13.8 Å². The van der Waals surface area contributed by atoms with E-state index in [0.29, 0.717) is 11.3 Å². The summed E-state index contributed by atoms with van der Waals surface area (Å²) in [5.41, 5.74) is 7.66. The molecule has 2 aromatic heterocycles. The molecule has 4 rings (SSSR count). The van der Waals surface area contributed by atoms with Crippen LogP contribution in [0, 0.1) is 13.8 Å². The molecule has 29 heavy (non-hydrogen) atoms. The monoisotopic (exact) mass is 384 g/mol. The summed E-state index contributed by atoms with van der Waals surface area (Å²) in [5.74, 6) is 0.232. The topological polar surface area (TPSA) is 72.4 Å². The van der Waals surface area contributed by atoms with Gasteiger partial charge in [-0.3, -0.25) is 4.79 Å². The lowest BCUT2D eigenvalue weighted by Gasteiger charge is -2.01. The highest BCUT2D eigenvalue weighted by Gasteiger charge is 2.13. The number of hydrazone groups is 1. The Morgan fingerprint density at radius 1 is 1.10 bits per heavy atom. The second-order valence-electron chi connectivity index (χ2n) is 6.67. The van der Waals surface area contributed by atoms with Crippen molar-refractivity contribution >= 4 is 12.1 Å². The fraction of sp³-hybridized carbons (Fsp3) is 0.0870. The second kappa shape index (κ2) is 7.98. The predicted octanol–water partition coefficient (Wildman–Crippen LogP) is 4.51. The van der Waals surface area contributed by atoms with Crippen LogP contribution in [-0.2, 0) is 0 Å². The van der Waals surface area contributed by atoms with Crippen LogP contribution in [0.25, 0.3) is 16.9 Å². The molecule has 2 aromatic carbocycles. The van der Waals surface area contributed by atoms with E-state index in [4.69, 9.17) is 9.52 Å². The van der Waals surface area contributed by atoms with Gasteiger partial charge in [-0.1, -0.05) is 42.0 Å². The molecule has 1 N–H and O–H groups in total. The van der Waals surface area contributed by atoms with Crippen LogP contribution in [-0.4, -0.2) is 21.9 Å². The van der Waals surface area contributed by atoms with Gasteiger partial charge in [0, 0.05) is 17.3 Å². The number of rotatable bonds is 5. The number of aromatic nitrogens is 2. The zero-order chi connectivity index (χ0) is 20.2. The van der Waals surface area contributed by atoms with E-state index in [-0.39, 0.29) is 5.91 Å². The summed E-state index contributed by atoms with van der Waals surface area (Å²) in [6.07, 6.45) is 4.98. The van der Waals surface area contributed by atoms with Gasteiger partial charge in [0.05, 0.1) is 23.7 Å². The number of nitrogens with zero attached hydrogens (tertiary/aromatic N) is 3. The van der Waals surface area contributed by atoms with Crippen molar-refractivity contribution in [3.63, 3.8) is 0 Å². The Hall–Kier alpha value is -3.93. The van der Waals surface area contributed by atoms with E-state index in [1.54, 1.807) is 23.9 Å². The first kappa shape index (κ1) is 18.4. The van der Waals surface area contributed by atoms with Gasteiger partial charge in [0.25, 0.3) is 5.91 Å². The number of furan rings is 1. The first-order chi connectivity index (χ1) is 14.1. The van der Waals surface area contributed by atoms with Gasteiger partial charge < -0.3 is 4.42 Å². The third kappa shape index (κ3) is 4.01.